The number of ether oxygens (including phenoxy) is 1. The van der Waals surface area contributed by atoms with Crippen molar-refractivity contribution < 1.29 is 24.7 Å². The maximum Gasteiger partial charge on any atom is 0.323 e. The average Bonchev–Trinajstić information content (AvgIpc) is 3.03. The van der Waals surface area contributed by atoms with Gasteiger partial charge in [0.1, 0.15) is 18.8 Å². The molecule has 3 atom stereocenters. The van der Waals surface area contributed by atoms with Crippen LogP contribution in [0.4, 0.5) is 0 Å². The topological polar surface area (TPSA) is 89.5 Å². The van der Waals surface area contributed by atoms with Crippen molar-refractivity contribution in [3.05, 3.63) is 0 Å². The fourth-order valence-corrected chi connectivity index (χ4v) is 5.15. The fourth-order valence-electron chi connectivity index (χ4n) is 5.15. The Bertz CT molecular complexity index is 507. The minimum Gasteiger partial charge on any atom is -0.550 e. The van der Waals surface area contributed by atoms with E-state index in [9.17, 15) is 14.7 Å². The van der Waals surface area contributed by atoms with Gasteiger partial charge in [-0.1, -0.05) is 6.92 Å². The van der Waals surface area contributed by atoms with Crippen molar-refractivity contribution in [1.29, 1.82) is 0 Å². The fraction of sp³-hybridized carbons (Fsp3) is 0.895. The highest BCUT2D eigenvalue weighted by molar-refractivity contribution is 5.76. The third-order valence-corrected chi connectivity index (χ3v) is 6.62. The van der Waals surface area contributed by atoms with Crippen molar-refractivity contribution in [2.45, 2.75) is 63.6 Å². The molecule has 3 unspecified atom stereocenters. The minimum absolute atomic E-state index is 0.130. The molecule has 3 aliphatic rings. The lowest BCUT2D eigenvalue weighted by molar-refractivity contribution is -0.678. The zero-order valence-electron chi connectivity index (χ0n) is 16.1. The van der Waals surface area contributed by atoms with Crippen LogP contribution in [0.2, 0.25) is 0 Å². The predicted molar refractivity (Wildman–Crippen MR) is 93.8 cm³/mol. The maximum absolute atomic E-state index is 12.4. The highest BCUT2D eigenvalue weighted by atomic mass is 16.5. The van der Waals surface area contributed by atoms with E-state index in [-0.39, 0.29) is 17.9 Å². The summed E-state index contributed by atoms with van der Waals surface area (Å²) in [6.45, 7) is 6.09. The van der Waals surface area contributed by atoms with Gasteiger partial charge in [-0.2, -0.15) is 0 Å². The summed E-state index contributed by atoms with van der Waals surface area (Å²) in [5, 5.41) is 13.4. The Labute approximate surface area is 156 Å². The van der Waals surface area contributed by atoms with Crippen LogP contribution in [0, 0.1) is 11.8 Å². The van der Waals surface area contributed by atoms with E-state index >= 15 is 0 Å². The van der Waals surface area contributed by atoms with Crippen LogP contribution < -0.4 is 10.4 Å². The number of nitrogens with two attached hydrogens (primary N) is 1. The Hall–Kier alpha value is -1.18. The van der Waals surface area contributed by atoms with Gasteiger partial charge >= 0.3 is 5.97 Å². The number of carbonyl (C=O) groups is 2. The molecule has 3 rings (SSSR count). The molecule has 7 heteroatoms. The summed E-state index contributed by atoms with van der Waals surface area (Å²) >= 11 is 0. The molecule has 7 nitrogen and oxygen atoms in total. The number of esters is 1. The van der Waals surface area contributed by atoms with Gasteiger partial charge in [-0.3, -0.25) is 9.69 Å². The van der Waals surface area contributed by atoms with Gasteiger partial charge in [-0.15, -0.1) is 0 Å². The van der Waals surface area contributed by atoms with E-state index in [0.717, 1.165) is 52.0 Å². The third-order valence-electron chi connectivity index (χ3n) is 6.62. The van der Waals surface area contributed by atoms with Gasteiger partial charge in [-0.05, 0) is 43.9 Å². The van der Waals surface area contributed by atoms with Crippen LogP contribution in [0.1, 0.15) is 45.4 Å². The number of methoxy groups -OCH3 is 1. The van der Waals surface area contributed by atoms with Crippen LogP contribution in [-0.4, -0.2) is 73.3 Å². The van der Waals surface area contributed by atoms with Gasteiger partial charge in [0.05, 0.1) is 13.2 Å². The predicted octanol–water partition coefficient (Wildman–Crippen LogP) is -1.23. The van der Waals surface area contributed by atoms with Gasteiger partial charge in [-0.25, -0.2) is 4.90 Å². The van der Waals surface area contributed by atoms with Crippen LogP contribution in [0.15, 0.2) is 0 Å². The second-order valence-corrected chi connectivity index (χ2v) is 8.23. The van der Waals surface area contributed by atoms with E-state index in [0.29, 0.717) is 30.8 Å². The first-order valence-corrected chi connectivity index (χ1v) is 10.1. The number of hydrogen-bond donors (Lipinski definition) is 1. The Morgan fingerprint density at radius 3 is 2.54 bits per heavy atom. The first-order valence-electron chi connectivity index (χ1n) is 10.1. The van der Waals surface area contributed by atoms with Crippen LogP contribution >= 0.6 is 0 Å². The van der Waals surface area contributed by atoms with E-state index in [1.54, 1.807) is 0 Å². The van der Waals surface area contributed by atoms with Crippen LogP contribution in [-0.2, 0) is 14.3 Å². The second-order valence-electron chi connectivity index (χ2n) is 8.23. The monoisotopic (exact) mass is 367 g/mol. The summed E-state index contributed by atoms with van der Waals surface area (Å²) in [6, 6.07) is 0.795. The lowest BCUT2D eigenvalue weighted by atomic mass is 9.81. The van der Waals surface area contributed by atoms with Crippen molar-refractivity contribution in [3.8, 4) is 0 Å². The largest absolute Gasteiger partial charge is 0.550 e. The summed E-state index contributed by atoms with van der Waals surface area (Å²) < 4.78 is 5.09. The lowest BCUT2D eigenvalue weighted by Crippen LogP contribution is -2.89. The van der Waals surface area contributed by atoms with Gasteiger partial charge in [0.2, 0.25) is 0 Å². The van der Waals surface area contributed by atoms with E-state index in [1.807, 2.05) is 0 Å². The number of likely N-dealkylation sites (tertiary alicyclic amines) is 1. The molecule has 0 radical (unpaired) electrons. The smallest absolute Gasteiger partial charge is 0.323 e. The zero-order valence-corrected chi connectivity index (χ0v) is 16.1. The highest BCUT2D eigenvalue weighted by Crippen LogP contribution is 2.31. The lowest BCUT2D eigenvalue weighted by Gasteiger charge is -2.42. The van der Waals surface area contributed by atoms with E-state index in [4.69, 9.17) is 4.74 Å². The molecule has 1 aliphatic carbocycles. The molecule has 26 heavy (non-hydrogen) atoms. The molecule has 2 aliphatic heterocycles. The molecule has 0 amide bonds. The SMILES string of the molecule is CCCN1C[NH2+]C2CC(C(=O)OC)N(CC3CCC(C(=O)[O-])CC3)CC21. The number of hydrogen-bond acceptors (Lipinski definition) is 6. The zero-order chi connectivity index (χ0) is 18.7. The Balaban J connectivity index is 1.64. The quantitative estimate of drug-likeness (QED) is 0.592. The molecule has 2 saturated heterocycles. The number of carboxylic acid groups (broad SMARTS) is 1. The summed E-state index contributed by atoms with van der Waals surface area (Å²) in [4.78, 5) is 28.3. The number of aliphatic carboxylic acids is 1. The van der Waals surface area contributed by atoms with E-state index in [1.165, 1.54) is 7.11 Å². The third kappa shape index (κ3) is 4.21. The average molecular weight is 367 g/mol. The van der Waals surface area contributed by atoms with E-state index in [2.05, 4.69) is 22.0 Å². The highest BCUT2D eigenvalue weighted by Gasteiger charge is 2.47. The van der Waals surface area contributed by atoms with Crippen molar-refractivity contribution >= 4 is 11.9 Å². The number of carboxylic acids is 1. The normalized spacial score (nSPS) is 35.8. The van der Waals surface area contributed by atoms with Crippen molar-refractivity contribution in [1.82, 2.24) is 9.80 Å². The summed E-state index contributed by atoms with van der Waals surface area (Å²) in [5.41, 5.74) is 0. The summed E-state index contributed by atoms with van der Waals surface area (Å²) in [7, 11) is 1.47. The summed E-state index contributed by atoms with van der Waals surface area (Å²) in [5.74, 6) is -0.875. The number of piperidine rings is 1. The van der Waals surface area contributed by atoms with E-state index < -0.39 is 5.97 Å². The first kappa shape index (κ1) is 19.6. The molecular formula is C19H33N3O4. The molecule has 0 spiro atoms. The van der Waals surface area contributed by atoms with Crippen LogP contribution in [0.5, 0.6) is 0 Å². The number of carbonyl (C=O) groups excluding carboxylic acids is 2. The minimum atomic E-state index is -0.909. The first-order chi connectivity index (χ1) is 12.5. The molecule has 1 saturated carbocycles. The summed E-state index contributed by atoms with van der Waals surface area (Å²) in [6.07, 6.45) is 5.19. The van der Waals surface area contributed by atoms with Gasteiger partial charge in [0.25, 0.3) is 0 Å². The van der Waals surface area contributed by atoms with Crippen molar-refractivity contribution in [2.24, 2.45) is 11.8 Å². The van der Waals surface area contributed by atoms with Crippen LogP contribution in [0.3, 0.4) is 0 Å². The standard InChI is InChI=1S/C19H33N3O4/c1-3-8-21-12-20-15-9-16(19(25)26-2)22(11-17(15)21)10-13-4-6-14(7-5-13)18(23)24/h13-17,20H,3-12H2,1-2H3,(H,23,24). The molecule has 3 fully saturated rings. The second kappa shape index (κ2) is 8.67. The maximum atomic E-state index is 12.4. The molecule has 148 valence electrons. The Morgan fingerprint density at radius 1 is 1.19 bits per heavy atom. The molecule has 2 N–H and O–H groups in total. The molecule has 2 heterocycles. The van der Waals surface area contributed by atoms with Crippen LogP contribution in [0.25, 0.3) is 0 Å². The molecule has 0 bridgehead atoms. The van der Waals surface area contributed by atoms with Crippen molar-refractivity contribution in [3.63, 3.8) is 0 Å². The molecule has 0 aromatic rings. The van der Waals surface area contributed by atoms with Crippen molar-refractivity contribution in [2.75, 3.05) is 33.4 Å². The van der Waals surface area contributed by atoms with Gasteiger partial charge in [0.15, 0.2) is 0 Å². The van der Waals surface area contributed by atoms with Gasteiger partial charge < -0.3 is 20.0 Å². The Kier molecular flexibility index (Phi) is 6.53. The Morgan fingerprint density at radius 2 is 1.92 bits per heavy atom. The number of quaternary nitrogens is 1. The number of rotatable bonds is 6. The van der Waals surface area contributed by atoms with Gasteiger partial charge in [0, 0.05) is 32.0 Å². The number of fused-ring (bicyclic) bond motifs is 1. The molecule has 0 aromatic carbocycles. The molecular weight excluding hydrogens is 334 g/mol. The molecule has 0 aromatic heterocycles. The number of nitrogens with zero attached hydrogens (tertiary/aromatic N) is 2.